The summed E-state index contributed by atoms with van der Waals surface area (Å²) in [6.07, 6.45) is 1.58. The lowest BCUT2D eigenvalue weighted by molar-refractivity contribution is -0.131. The van der Waals surface area contributed by atoms with Gasteiger partial charge in [-0.15, -0.1) is 0 Å². The zero-order valence-corrected chi connectivity index (χ0v) is 11.7. The second-order valence-electron chi connectivity index (χ2n) is 4.95. The molecular formula is C15H20N2O3. The van der Waals surface area contributed by atoms with Crippen molar-refractivity contribution in [3.05, 3.63) is 35.9 Å². The minimum absolute atomic E-state index is 0.100. The van der Waals surface area contributed by atoms with Gasteiger partial charge in [0.15, 0.2) is 0 Å². The van der Waals surface area contributed by atoms with Crippen molar-refractivity contribution in [2.24, 2.45) is 0 Å². The molecule has 1 aromatic rings. The van der Waals surface area contributed by atoms with Crippen molar-refractivity contribution < 1.29 is 14.3 Å². The summed E-state index contributed by atoms with van der Waals surface area (Å²) in [6.45, 7) is 1.36. The molecule has 0 unspecified atom stereocenters. The van der Waals surface area contributed by atoms with Crippen LogP contribution in [0.4, 0.5) is 4.79 Å². The van der Waals surface area contributed by atoms with Gasteiger partial charge >= 0.3 is 6.09 Å². The summed E-state index contributed by atoms with van der Waals surface area (Å²) in [5.74, 6) is 0.146. The number of carbonyl (C=O) groups excluding carboxylic acids is 2. The van der Waals surface area contributed by atoms with E-state index in [1.807, 2.05) is 35.2 Å². The maximum Gasteiger partial charge on any atom is 0.407 e. The number of nitrogens with zero attached hydrogens (tertiary/aromatic N) is 1. The van der Waals surface area contributed by atoms with Crippen LogP contribution in [0.3, 0.4) is 0 Å². The van der Waals surface area contributed by atoms with Crippen molar-refractivity contribution in [2.45, 2.75) is 25.3 Å². The Balaban J connectivity index is 1.78. The fourth-order valence-electron chi connectivity index (χ4n) is 2.38. The van der Waals surface area contributed by atoms with Gasteiger partial charge in [-0.3, -0.25) is 4.79 Å². The smallest absolute Gasteiger partial charge is 0.407 e. The Kier molecular flexibility index (Phi) is 4.98. The molecule has 1 N–H and O–H groups in total. The largest absolute Gasteiger partial charge is 0.453 e. The zero-order valence-electron chi connectivity index (χ0n) is 11.7. The molecule has 2 amide bonds. The number of hydrogen-bond acceptors (Lipinski definition) is 3. The van der Waals surface area contributed by atoms with Gasteiger partial charge in [-0.2, -0.15) is 0 Å². The van der Waals surface area contributed by atoms with E-state index in [2.05, 4.69) is 10.1 Å². The Labute approximate surface area is 118 Å². The van der Waals surface area contributed by atoms with Gasteiger partial charge in [-0.1, -0.05) is 30.3 Å². The highest BCUT2D eigenvalue weighted by atomic mass is 16.5. The van der Waals surface area contributed by atoms with Crippen LogP contribution in [0.1, 0.15) is 18.4 Å². The minimum Gasteiger partial charge on any atom is -0.453 e. The summed E-state index contributed by atoms with van der Waals surface area (Å²) < 4.78 is 4.58. The van der Waals surface area contributed by atoms with Crippen LogP contribution < -0.4 is 5.32 Å². The number of alkyl carbamates (subject to hydrolysis) is 1. The molecule has 5 heteroatoms. The Morgan fingerprint density at radius 3 is 2.50 bits per heavy atom. The molecule has 2 rings (SSSR count). The van der Waals surface area contributed by atoms with Gasteiger partial charge in [0.25, 0.3) is 0 Å². The first-order valence-corrected chi connectivity index (χ1v) is 6.85. The molecule has 0 bridgehead atoms. The first-order chi connectivity index (χ1) is 9.69. The van der Waals surface area contributed by atoms with E-state index in [4.69, 9.17) is 0 Å². The summed E-state index contributed by atoms with van der Waals surface area (Å²) in [7, 11) is 1.36. The Hall–Kier alpha value is -2.04. The van der Waals surface area contributed by atoms with Crippen LogP contribution in [0, 0.1) is 0 Å². The monoisotopic (exact) mass is 276 g/mol. The standard InChI is InChI=1S/C15H20N2O3/c1-20-15(19)16-13-7-9-17(10-8-13)14(18)11-12-5-3-2-4-6-12/h2-6,13H,7-11H2,1H3,(H,16,19). The van der Waals surface area contributed by atoms with Gasteiger partial charge in [0.05, 0.1) is 13.5 Å². The van der Waals surface area contributed by atoms with Gasteiger partial charge in [-0.05, 0) is 18.4 Å². The van der Waals surface area contributed by atoms with Crippen LogP contribution in [-0.2, 0) is 16.0 Å². The molecule has 1 aromatic carbocycles. The van der Waals surface area contributed by atoms with Gasteiger partial charge < -0.3 is 15.0 Å². The molecule has 0 aromatic heterocycles. The van der Waals surface area contributed by atoms with E-state index in [-0.39, 0.29) is 11.9 Å². The lowest BCUT2D eigenvalue weighted by Gasteiger charge is -2.32. The third-order valence-electron chi connectivity index (χ3n) is 3.55. The van der Waals surface area contributed by atoms with Gasteiger partial charge in [0, 0.05) is 19.1 Å². The number of nitrogens with one attached hydrogen (secondary N) is 1. The molecule has 108 valence electrons. The third kappa shape index (κ3) is 3.98. The quantitative estimate of drug-likeness (QED) is 0.911. The van der Waals surface area contributed by atoms with Crippen LogP contribution in [0.5, 0.6) is 0 Å². The average molecular weight is 276 g/mol. The lowest BCUT2D eigenvalue weighted by Crippen LogP contribution is -2.46. The number of piperidine rings is 1. The maximum atomic E-state index is 12.2. The average Bonchev–Trinajstić information content (AvgIpc) is 2.49. The highest BCUT2D eigenvalue weighted by Gasteiger charge is 2.23. The van der Waals surface area contributed by atoms with Crippen LogP contribution in [0.25, 0.3) is 0 Å². The fourth-order valence-corrected chi connectivity index (χ4v) is 2.38. The number of rotatable bonds is 3. The summed E-state index contributed by atoms with van der Waals surface area (Å²) >= 11 is 0. The van der Waals surface area contributed by atoms with Gasteiger partial charge in [0.1, 0.15) is 0 Å². The Morgan fingerprint density at radius 2 is 1.90 bits per heavy atom. The molecule has 1 aliphatic rings. The number of carbonyl (C=O) groups is 2. The van der Waals surface area contributed by atoms with E-state index in [0.29, 0.717) is 19.5 Å². The van der Waals surface area contributed by atoms with E-state index in [9.17, 15) is 9.59 Å². The molecule has 0 atom stereocenters. The number of hydrogen-bond donors (Lipinski definition) is 1. The highest BCUT2D eigenvalue weighted by molar-refractivity contribution is 5.78. The summed E-state index contributed by atoms with van der Waals surface area (Å²) in [4.78, 5) is 25.2. The van der Waals surface area contributed by atoms with Crippen LogP contribution in [-0.4, -0.2) is 43.1 Å². The SMILES string of the molecule is COC(=O)NC1CCN(C(=O)Cc2ccccc2)CC1. The topological polar surface area (TPSA) is 58.6 Å². The summed E-state index contributed by atoms with van der Waals surface area (Å²) in [5, 5.41) is 2.78. The fraction of sp³-hybridized carbons (Fsp3) is 0.467. The minimum atomic E-state index is -0.404. The zero-order chi connectivity index (χ0) is 14.4. The van der Waals surface area contributed by atoms with E-state index in [1.165, 1.54) is 7.11 Å². The summed E-state index contributed by atoms with van der Waals surface area (Å²) in [5.41, 5.74) is 1.03. The summed E-state index contributed by atoms with van der Waals surface area (Å²) in [6, 6.07) is 9.85. The first-order valence-electron chi connectivity index (χ1n) is 6.85. The van der Waals surface area contributed by atoms with E-state index < -0.39 is 6.09 Å². The van der Waals surface area contributed by atoms with Crippen molar-refractivity contribution in [1.82, 2.24) is 10.2 Å². The molecule has 1 saturated heterocycles. The maximum absolute atomic E-state index is 12.2. The number of benzene rings is 1. The first kappa shape index (κ1) is 14.4. The molecule has 0 radical (unpaired) electrons. The van der Waals surface area contributed by atoms with Crippen LogP contribution in [0.2, 0.25) is 0 Å². The van der Waals surface area contributed by atoms with Gasteiger partial charge in [0.2, 0.25) is 5.91 Å². The second-order valence-corrected chi connectivity index (χ2v) is 4.95. The molecule has 0 spiro atoms. The number of amides is 2. The Morgan fingerprint density at radius 1 is 1.25 bits per heavy atom. The van der Waals surface area contributed by atoms with Crippen molar-refractivity contribution in [1.29, 1.82) is 0 Å². The van der Waals surface area contributed by atoms with Crippen LogP contribution >= 0.6 is 0 Å². The molecule has 0 aliphatic carbocycles. The molecular weight excluding hydrogens is 256 g/mol. The predicted molar refractivity (Wildman–Crippen MR) is 75.3 cm³/mol. The normalized spacial score (nSPS) is 15.8. The highest BCUT2D eigenvalue weighted by Crippen LogP contribution is 2.12. The van der Waals surface area contributed by atoms with Crippen molar-refractivity contribution in [3.8, 4) is 0 Å². The molecule has 5 nitrogen and oxygen atoms in total. The van der Waals surface area contributed by atoms with Crippen molar-refractivity contribution in [2.75, 3.05) is 20.2 Å². The van der Waals surface area contributed by atoms with Crippen molar-refractivity contribution >= 4 is 12.0 Å². The molecule has 1 aliphatic heterocycles. The Bertz CT molecular complexity index is 453. The van der Waals surface area contributed by atoms with E-state index in [1.54, 1.807) is 0 Å². The number of methoxy groups -OCH3 is 1. The third-order valence-corrected chi connectivity index (χ3v) is 3.55. The molecule has 0 saturated carbocycles. The second kappa shape index (κ2) is 6.93. The molecule has 1 fully saturated rings. The van der Waals surface area contributed by atoms with E-state index >= 15 is 0 Å². The molecule has 1 heterocycles. The van der Waals surface area contributed by atoms with Gasteiger partial charge in [-0.25, -0.2) is 4.79 Å². The number of ether oxygens (including phenoxy) is 1. The van der Waals surface area contributed by atoms with Crippen LogP contribution in [0.15, 0.2) is 30.3 Å². The lowest BCUT2D eigenvalue weighted by atomic mass is 10.0. The van der Waals surface area contributed by atoms with E-state index in [0.717, 1.165) is 18.4 Å². The van der Waals surface area contributed by atoms with Crippen molar-refractivity contribution in [3.63, 3.8) is 0 Å². The number of likely N-dealkylation sites (tertiary alicyclic amines) is 1. The molecule has 20 heavy (non-hydrogen) atoms. The predicted octanol–water partition coefficient (Wildman–Crippen LogP) is 1.58.